The van der Waals surface area contributed by atoms with E-state index in [4.69, 9.17) is 46.4 Å². The normalized spacial score (nSPS) is 10.4. The van der Waals surface area contributed by atoms with Gasteiger partial charge in [-0.25, -0.2) is 0 Å². The zero-order valence-electron chi connectivity index (χ0n) is 9.13. The molecule has 0 saturated heterocycles. The van der Waals surface area contributed by atoms with E-state index in [1.54, 1.807) is 6.07 Å². The quantitative estimate of drug-likeness (QED) is 0.680. The highest BCUT2D eigenvalue weighted by molar-refractivity contribution is 6.35. The minimum Gasteiger partial charge on any atom is -0.297 e. The summed E-state index contributed by atoms with van der Waals surface area (Å²) in [6.45, 7) is 2.34. The highest BCUT2D eigenvalue weighted by Gasteiger charge is 2.08. The van der Waals surface area contributed by atoms with Crippen LogP contribution in [0, 0.1) is 0 Å². The molecule has 0 aliphatic heterocycles. The van der Waals surface area contributed by atoms with Crippen LogP contribution in [0.2, 0.25) is 10.0 Å². The second-order valence-electron chi connectivity index (χ2n) is 3.39. The van der Waals surface area contributed by atoms with E-state index in [1.165, 1.54) is 0 Å². The van der Waals surface area contributed by atoms with Crippen molar-refractivity contribution in [3.63, 3.8) is 0 Å². The largest absolute Gasteiger partial charge is 0.297 e. The van der Waals surface area contributed by atoms with Crippen LogP contribution in [-0.2, 0) is 6.54 Å². The van der Waals surface area contributed by atoms with Crippen molar-refractivity contribution in [1.29, 1.82) is 0 Å². The van der Waals surface area contributed by atoms with E-state index in [-0.39, 0.29) is 12.4 Å². The van der Waals surface area contributed by atoms with E-state index in [1.807, 2.05) is 12.1 Å². The van der Waals surface area contributed by atoms with E-state index < -0.39 is 0 Å². The average Bonchev–Trinajstić information content (AvgIpc) is 2.23. The van der Waals surface area contributed by atoms with E-state index in [0.29, 0.717) is 21.8 Å². The third-order valence-electron chi connectivity index (χ3n) is 2.21. The first-order chi connectivity index (χ1) is 7.67. The van der Waals surface area contributed by atoms with Gasteiger partial charge >= 0.3 is 0 Å². The molecule has 1 nitrogen and oxygen atoms in total. The molecule has 0 heterocycles. The summed E-state index contributed by atoms with van der Waals surface area (Å²) in [6.07, 6.45) is 0. The van der Waals surface area contributed by atoms with Gasteiger partial charge in [-0.1, -0.05) is 29.3 Å². The van der Waals surface area contributed by atoms with Crippen molar-refractivity contribution in [2.45, 2.75) is 6.54 Å². The molecule has 17 heavy (non-hydrogen) atoms. The first kappa shape index (κ1) is 17.6. The van der Waals surface area contributed by atoms with Crippen LogP contribution >= 0.6 is 58.8 Å². The monoisotopic (exact) mass is 335 g/mol. The van der Waals surface area contributed by atoms with E-state index >= 15 is 0 Å². The van der Waals surface area contributed by atoms with Gasteiger partial charge in [0.1, 0.15) is 0 Å². The molecular formula is C11H14Cl5N. The van der Waals surface area contributed by atoms with Gasteiger partial charge in [0.25, 0.3) is 0 Å². The predicted molar refractivity (Wildman–Crippen MR) is 80.4 cm³/mol. The Kier molecular flexibility index (Phi) is 9.90. The van der Waals surface area contributed by atoms with Crippen molar-refractivity contribution in [3.05, 3.63) is 33.8 Å². The van der Waals surface area contributed by atoms with E-state index in [0.717, 1.165) is 25.2 Å². The lowest BCUT2D eigenvalue weighted by Crippen LogP contribution is -2.27. The Morgan fingerprint density at radius 1 is 1.00 bits per heavy atom. The highest BCUT2D eigenvalue weighted by Crippen LogP contribution is 2.22. The molecule has 0 bridgehead atoms. The number of benzene rings is 1. The molecule has 0 saturated carbocycles. The smallest absolute Gasteiger partial charge is 0.0465 e. The minimum atomic E-state index is 0. The van der Waals surface area contributed by atoms with E-state index in [9.17, 15) is 0 Å². The second kappa shape index (κ2) is 9.55. The Hall–Kier alpha value is 0.630. The van der Waals surface area contributed by atoms with Gasteiger partial charge in [-0.2, -0.15) is 0 Å². The number of rotatable bonds is 6. The summed E-state index contributed by atoms with van der Waals surface area (Å²) in [5.74, 6) is 1.17. The van der Waals surface area contributed by atoms with Gasteiger partial charge in [0.2, 0.25) is 0 Å². The lowest BCUT2D eigenvalue weighted by Gasteiger charge is -2.20. The third-order valence-corrected chi connectivity index (χ3v) is 3.14. The Morgan fingerprint density at radius 3 is 2.06 bits per heavy atom. The Balaban J connectivity index is 0.00000256. The molecule has 1 rings (SSSR count). The fourth-order valence-corrected chi connectivity index (χ4v) is 2.35. The summed E-state index contributed by atoms with van der Waals surface area (Å²) in [7, 11) is 0. The Morgan fingerprint density at radius 2 is 1.59 bits per heavy atom. The van der Waals surface area contributed by atoms with Crippen LogP contribution in [0.4, 0.5) is 0 Å². The Bertz CT molecular complexity index is 326. The minimum absolute atomic E-state index is 0. The first-order valence-corrected chi connectivity index (χ1v) is 6.78. The molecule has 0 amide bonds. The van der Waals surface area contributed by atoms with Crippen LogP contribution in [0.1, 0.15) is 5.56 Å². The predicted octanol–water partition coefficient (Wildman–Crippen LogP) is 4.69. The van der Waals surface area contributed by atoms with Crippen molar-refractivity contribution >= 4 is 58.8 Å². The zero-order chi connectivity index (χ0) is 12.0. The highest BCUT2D eigenvalue weighted by atomic mass is 35.5. The summed E-state index contributed by atoms with van der Waals surface area (Å²) in [6, 6.07) is 5.51. The Labute approximate surface area is 128 Å². The zero-order valence-corrected chi connectivity index (χ0v) is 13.0. The van der Waals surface area contributed by atoms with Crippen LogP contribution in [-0.4, -0.2) is 29.7 Å². The third kappa shape index (κ3) is 6.37. The van der Waals surface area contributed by atoms with Crippen LogP contribution in [0.25, 0.3) is 0 Å². The van der Waals surface area contributed by atoms with Crippen LogP contribution < -0.4 is 0 Å². The van der Waals surface area contributed by atoms with Gasteiger partial charge in [0, 0.05) is 41.4 Å². The summed E-state index contributed by atoms with van der Waals surface area (Å²) in [5, 5.41) is 1.33. The average molecular weight is 338 g/mol. The maximum absolute atomic E-state index is 6.10. The lowest BCUT2D eigenvalue weighted by atomic mass is 10.2. The maximum atomic E-state index is 6.10. The van der Waals surface area contributed by atoms with Crippen LogP contribution in [0.3, 0.4) is 0 Å². The number of hydrogen-bond acceptors (Lipinski definition) is 1. The molecular weight excluding hydrogens is 323 g/mol. The molecule has 0 aliphatic carbocycles. The van der Waals surface area contributed by atoms with Crippen molar-refractivity contribution in [2.75, 3.05) is 24.8 Å². The molecule has 1 aromatic rings. The topological polar surface area (TPSA) is 3.24 Å². The second-order valence-corrected chi connectivity index (χ2v) is 4.99. The molecule has 0 atom stereocenters. The van der Waals surface area contributed by atoms with E-state index in [2.05, 4.69) is 4.90 Å². The molecule has 0 aromatic heterocycles. The van der Waals surface area contributed by atoms with Gasteiger partial charge in [-0.05, 0) is 17.7 Å². The maximum Gasteiger partial charge on any atom is 0.0465 e. The summed E-state index contributed by atoms with van der Waals surface area (Å²) < 4.78 is 0. The molecule has 0 N–H and O–H groups in total. The van der Waals surface area contributed by atoms with Gasteiger partial charge in [-0.15, -0.1) is 35.6 Å². The van der Waals surface area contributed by atoms with Gasteiger partial charge in [0.05, 0.1) is 0 Å². The lowest BCUT2D eigenvalue weighted by molar-refractivity contribution is 0.299. The summed E-state index contributed by atoms with van der Waals surface area (Å²) >= 11 is 23.4. The van der Waals surface area contributed by atoms with Crippen molar-refractivity contribution in [2.24, 2.45) is 0 Å². The van der Waals surface area contributed by atoms with Crippen LogP contribution in [0.15, 0.2) is 18.2 Å². The standard InChI is InChI=1S/C11H13Cl4N.ClH/c12-3-5-16(6-4-13)8-9-1-2-10(14)7-11(9)15;/h1-2,7H,3-6,8H2;1H. The summed E-state index contributed by atoms with van der Waals surface area (Å²) in [4.78, 5) is 2.16. The fraction of sp³-hybridized carbons (Fsp3) is 0.455. The number of halogens is 5. The molecule has 0 fully saturated rings. The molecule has 0 spiro atoms. The van der Waals surface area contributed by atoms with Gasteiger partial charge in [-0.3, -0.25) is 4.90 Å². The SMILES string of the molecule is Cl.ClCCN(CCCl)Cc1ccc(Cl)cc1Cl. The molecule has 0 radical (unpaired) electrons. The molecule has 0 unspecified atom stereocenters. The van der Waals surface area contributed by atoms with Gasteiger partial charge < -0.3 is 0 Å². The van der Waals surface area contributed by atoms with Gasteiger partial charge in [0.15, 0.2) is 0 Å². The van der Waals surface area contributed by atoms with Crippen molar-refractivity contribution < 1.29 is 0 Å². The molecule has 0 aliphatic rings. The van der Waals surface area contributed by atoms with Crippen molar-refractivity contribution in [3.8, 4) is 0 Å². The first-order valence-electron chi connectivity index (χ1n) is 4.95. The summed E-state index contributed by atoms with van der Waals surface area (Å²) in [5.41, 5.74) is 1.04. The molecule has 98 valence electrons. The number of nitrogens with zero attached hydrogens (tertiary/aromatic N) is 1. The van der Waals surface area contributed by atoms with Crippen LogP contribution in [0.5, 0.6) is 0 Å². The fourth-order valence-electron chi connectivity index (χ4n) is 1.40. The van der Waals surface area contributed by atoms with Crippen molar-refractivity contribution in [1.82, 2.24) is 4.90 Å². The number of hydrogen-bond donors (Lipinski definition) is 0. The number of alkyl halides is 2. The molecule has 6 heteroatoms. The molecule has 1 aromatic carbocycles.